The molecule has 3 rings (SSSR count). The predicted molar refractivity (Wildman–Crippen MR) is 98.6 cm³/mol. The summed E-state index contributed by atoms with van der Waals surface area (Å²) in [5.74, 6) is 0.366. The summed E-state index contributed by atoms with van der Waals surface area (Å²) in [6.07, 6.45) is 4.72. The van der Waals surface area contributed by atoms with Crippen LogP contribution in [0.5, 0.6) is 5.75 Å². The number of nitriles is 1. The number of halogens is 2. The standard InChI is InChI=1S/C19H14ClFN4O2/c1-26-18-7-8-23-19(14(18)10-22)25-9-3-4-13(25)11-24-27-12-15-16(20)5-2-6-17(15)21/h2-9,11H,12H2,1H3. The normalized spacial score (nSPS) is 10.7. The number of oxime groups is 1. The summed E-state index contributed by atoms with van der Waals surface area (Å²) in [6.45, 7) is -0.108. The SMILES string of the molecule is COc1ccnc(-n2cccc2C=NOCc2c(F)cccc2Cl)c1C#N. The molecule has 0 radical (unpaired) electrons. The van der Waals surface area contributed by atoms with Gasteiger partial charge in [0.25, 0.3) is 0 Å². The molecule has 0 aliphatic carbocycles. The fraction of sp³-hybridized carbons (Fsp3) is 0.105. The van der Waals surface area contributed by atoms with E-state index in [1.807, 2.05) is 0 Å². The molecule has 0 saturated heterocycles. The molecule has 0 N–H and O–H groups in total. The van der Waals surface area contributed by atoms with Crippen molar-refractivity contribution in [1.29, 1.82) is 5.26 Å². The van der Waals surface area contributed by atoms with Crippen LogP contribution in [0.15, 0.2) is 53.9 Å². The van der Waals surface area contributed by atoms with Crippen molar-refractivity contribution in [3.05, 3.63) is 76.5 Å². The Morgan fingerprint density at radius 2 is 2.19 bits per heavy atom. The second kappa shape index (κ2) is 8.34. The van der Waals surface area contributed by atoms with Crippen molar-refractivity contribution >= 4 is 17.8 Å². The van der Waals surface area contributed by atoms with Crippen LogP contribution < -0.4 is 4.74 Å². The van der Waals surface area contributed by atoms with Crippen molar-refractivity contribution in [2.75, 3.05) is 7.11 Å². The molecular weight excluding hydrogens is 371 g/mol. The van der Waals surface area contributed by atoms with Gasteiger partial charge in [0.15, 0.2) is 5.82 Å². The minimum atomic E-state index is -0.458. The maximum atomic E-state index is 13.7. The second-order valence-electron chi connectivity index (χ2n) is 5.33. The smallest absolute Gasteiger partial charge is 0.158 e. The second-order valence-corrected chi connectivity index (χ2v) is 5.74. The highest BCUT2D eigenvalue weighted by Crippen LogP contribution is 2.23. The van der Waals surface area contributed by atoms with E-state index in [1.165, 1.54) is 25.5 Å². The quantitative estimate of drug-likeness (QED) is 0.474. The van der Waals surface area contributed by atoms with E-state index in [9.17, 15) is 9.65 Å². The number of benzene rings is 1. The van der Waals surface area contributed by atoms with Gasteiger partial charge in [-0.25, -0.2) is 9.37 Å². The molecule has 3 aromatic rings. The van der Waals surface area contributed by atoms with Crippen molar-refractivity contribution in [1.82, 2.24) is 9.55 Å². The molecule has 8 heteroatoms. The van der Waals surface area contributed by atoms with Gasteiger partial charge in [-0.15, -0.1) is 0 Å². The van der Waals surface area contributed by atoms with Crippen LogP contribution in [-0.2, 0) is 11.4 Å². The first-order chi connectivity index (χ1) is 13.2. The van der Waals surface area contributed by atoms with Gasteiger partial charge < -0.3 is 9.57 Å². The Balaban J connectivity index is 1.81. The molecular formula is C19H14ClFN4O2. The van der Waals surface area contributed by atoms with Gasteiger partial charge in [0.1, 0.15) is 29.8 Å². The van der Waals surface area contributed by atoms with E-state index in [2.05, 4.69) is 16.2 Å². The van der Waals surface area contributed by atoms with Gasteiger partial charge in [0.2, 0.25) is 0 Å². The summed E-state index contributed by atoms with van der Waals surface area (Å²) in [7, 11) is 1.49. The minimum absolute atomic E-state index is 0.108. The lowest BCUT2D eigenvalue weighted by Crippen LogP contribution is -2.05. The molecule has 136 valence electrons. The number of pyridine rings is 1. The minimum Gasteiger partial charge on any atom is -0.495 e. The zero-order valence-electron chi connectivity index (χ0n) is 14.3. The van der Waals surface area contributed by atoms with Gasteiger partial charge in [-0.2, -0.15) is 5.26 Å². The summed E-state index contributed by atoms with van der Waals surface area (Å²) >= 11 is 5.95. The van der Waals surface area contributed by atoms with E-state index in [4.69, 9.17) is 21.2 Å². The lowest BCUT2D eigenvalue weighted by molar-refractivity contribution is 0.129. The summed E-state index contributed by atoms with van der Waals surface area (Å²) in [4.78, 5) is 9.42. The molecule has 0 saturated carbocycles. The summed E-state index contributed by atoms with van der Waals surface area (Å²) < 4.78 is 20.6. The topological polar surface area (TPSA) is 72.4 Å². The number of hydrogen-bond donors (Lipinski definition) is 0. The monoisotopic (exact) mass is 384 g/mol. The largest absolute Gasteiger partial charge is 0.495 e. The summed E-state index contributed by atoms with van der Waals surface area (Å²) in [6, 6.07) is 11.6. The number of methoxy groups -OCH3 is 1. The van der Waals surface area contributed by atoms with Crippen LogP contribution in [0.3, 0.4) is 0 Å². The van der Waals surface area contributed by atoms with Gasteiger partial charge in [0.05, 0.1) is 24.0 Å². The molecule has 0 unspecified atom stereocenters. The number of rotatable bonds is 6. The molecule has 0 spiro atoms. The Bertz CT molecular complexity index is 1010. The van der Waals surface area contributed by atoms with Gasteiger partial charge in [-0.05, 0) is 30.3 Å². The van der Waals surface area contributed by atoms with E-state index in [0.29, 0.717) is 22.8 Å². The third kappa shape index (κ3) is 3.91. The van der Waals surface area contributed by atoms with Crippen molar-refractivity contribution in [2.24, 2.45) is 5.16 Å². The molecule has 0 aliphatic heterocycles. The molecule has 0 bridgehead atoms. The van der Waals surface area contributed by atoms with Crippen LogP contribution in [0, 0.1) is 17.1 Å². The third-order valence-electron chi connectivity index (χ3n) is 3.76. The van der Waals surface area contributed by atoms with Gasteiger partial charge in [-0.3, -0.25) is 4.57 Å². The first kappa shape index (κ1) is 18.4. The highest BCUT2D eigenvalue weighted by Gasteiger charge is 2.13. The van der Waals surface area contributed by atoms with Gasteiger partial charge in [-0.1, -0.05) is 22.8 Å². The predicted octanol–water partition coefficient (Wildman–Crippen LogP) is 4.10. The molecule has 2 aromatic heterocycles. The van der Waals surface area contributed by atoms with Crippen molar-refractivity contribution in [3.63, 3.8) is 0 Å². The van der Waals surface area contributed by atoms with Crippen LogP contribution in [0.25, 0.3) is 5.82 Å². The first-order valence-corrected chi connectivity index (χ1v) is 8.22. The highest BCUT2D eigenvalue weighted by atomic mass is 35.5. The molecule has 27 heavy (non-hydrogen) atoms. The molecule has 1 aromatic carbocycles. The zero-order chi connectivity index (χ0) is 19.2. The zero-order valence-corrected chi connectivity index (χ0v) is 15.0. The van der Waals surface area contributed by atoms with E-state index < -0.39 is 5.82 Å². The van der Waals surface area contributed by atoms with Crippen LogP contribution in [0.4, 0.5) is 4.39 Å². The Morgan fingerprint density at radius 1 is 1.33 bits per heavy atom. The first-order valence-electron chi connectivity index (χ1n) is 7.84. The van der Waals surface area contributed by atoms with Crippen LogP contribution >= 0.6 is 11.6 Å². The van der Waals surface area contributed by atoms with Crippen molar-refractivity contribution in [2.45, 2.75) is 6.61 Å². The average Bonchev–Trinajstić information content (AvgIpc) is 3.14. The summed E-state index contributed by atoms with van der Waals surface area (Å²) in [5.41, 5.74) is 1.14. The number of ether oxygens (including phenoxy) is 1. The molecule has 0 fully saturated rings. The third-order valence-corrected chi connectivity index (χ3v) is 4.12. The Morgan fingerprint density at radius 3 is 2.93 bits per heavy atom. The van der Waals surface area contributed by atoms with Gasteiger partial charge >= 0.3 is 0 Å². The number of nitrogens with zero attached hydrogens (tertiary/aromatic N) is 4. The number of hydrogen-bond acceptors (Lipinski definition) is 5. The average molecular weight is 385 g/mol. The Kier molecular flexibility index (Phi) is 5.69. The molecule has 2 heterocycles. The molecule has 6 nitrogen and oxygen atoms in total. The maximum Gasteiger partial charge on any atom is 0.158 e. The van der Waals surface area contributed by atoms with Crippen LogP contribution in [0.1, 0.15) is 16.8 Å². The highest BCUT2D eigenvalue weighted by molar-refractivity contribution is 6.31. The molecule has 0 amide bonds. The lowest BCUT2D eigenvalue weighted by Gasteiger charge is -2.10. The van der Waals surface area contributed by atoms with Crippen molar-refractivity contribution < 1.29 is 14.0 Å². The molecule has 0 atom stereocenters. The van der Waals surface area contributed by atoms with Crippen LogP contribution in [0.2, 0.25) is 5.02 Å². The number of aromatic nitrogens is 2. The summed E-state index contributed by atoms with van der Waals surface area (Å²) in [5, 5.41) is 13.6. The fourth-order valence-corrected chi connectivity index (χ4v) is 2.66. The Hall–Kier alpha value is -3.37. The van der Waals surface area contributed by atoms with Crippen molar-refractivity contribution in [3.8, 4) is 17.6 Å². The molecule has 0 aliphatic rings. The fourth-order valence-electron chi connectivity index (χ4n) is 2.45. The maximum absolute atomic E-state index is 13.7. The van der Waals surface area contributed by atoms with E-state index in [1.54, 1.807) is 41.2 Å². The lowest BCUT2D eigenvalue weighted by atomic mass is 10.2. The Labute approximate surface area is 160 Å². The van der Waals surface area contributed by atoms with E-state index >= 15 is 0 Å². The van der Waals surface area contributed by atoms with E-state index in [-0.39, 0.29) is 17.2 Å². The van der Waals surface area contributed by atoms with Gasteiger partial charge in [0, 0.05) is 18.0 Å². The van der Waals surface area contributed by atoms with E-state index in [0.717, 1.165) is 0 Å². The van der Waals surface area contributed by atoms with Crippen LogP contribution in [-0.4, -0.2) is 22.9 Å².